The molecule has 0 heterocycles. The first-order valence-electron chi connectivity index (χ1n) is 5.79. The molecule has 0 aliphatic heterocycles. The van der Waals surface area contributed by atoms with E-state index in [2.05, 4.69) is 24.8 Å². The third kappa shape index (κ3) is 3.22. The Kier molecular flexibility index (Phi) is 4.18. The van der Waals surface area contributed by atoms with Crippen molar-refractivity contribution in [2.75, 3.05) is 0 Å². The van der Waals surface area contributed by atoms with E-state index in [9.17, 15) is 4.79 Å². The standard InChI is InChI=1S/C15H15NOS/c16-14(15(17)18)10-11-6-8-13(9-7-11)12-4-2-1-3-5-12/h1-9,14H,10,16H2,(H,17,18)/t14-/m0/s1. The molecule has 3 heteroatoms. The number of hydrogen-bond donors (Lipinski definition) is 2. The predicted octanol–water partition coefficient (Wildman–Crippen LogP) is 2.68. The van der Waals surface area contributed by atoms with Gasteiger partial charge in [-0.1, -0.05) is 54.6 Å². The van der Waals surface area contributed by atoms with Gasteiger partial charge in [0.05, 0.1) is 6.04 Å². The minimum atomic E-state index is -0.532. The first-order chi connectivity index (χ1) is 8.66. The van der Waals surface area contributed by atoms with Gasteiger partial charge in [-0.15, -0.1) is 12.6 Å². The van der Waals surface area contributed by atoms with Crippen molar-refractivity contribution >= 4 is 17.7 Å². The zero-order chi connectivity index (χ0) is 13.0. The van der Waals surface area contributed by atoms with Crippen LogP contribution in [0.25, 0.3) is 11.1 Å². The van der Waals surface area contributed by atoms with Crippen molar-refractivity contribution in [1.82, 2.24) is 0 Å². The summed E-state index contributed by atoms with van der Waals surface area (Å²) >= 11 is 3.74. The van der Waals surface area contributed by atoms with Gasteiger partial charge in [-0.25, -0.2) is 0 Å². The lowest BCUT2D eigenvalue weighted by molar-refractivity contribution is -0.111. The van der Waals surface area contributed by atoms with Gasteiger partial charge >= 0.3 is 0 Å². The van der Waals surface area contributed by atoms with E-state index in [0.717, 1.165) is 11.1 Å². The maximum atomic E-state index is 11.0. The van der Waals surface area contributed by atoms with E-state index in [-0.39, 0.29) is 5.12 Å². The third-order valence-electron chi connectivity index (χ3n) is 2.83. The lowest BCUT2D eigenvalue weighted by Crippen LogP contribution is -2.29. The van der Waals surface area contributed by atoms with E-state index >= 15 is 0 Å². The fraction of sp³-hybridized carbons (Fsp3) is 0.133. The monoisotopic (exact) mass is 257 g/mol. The topological polar surface area (TPSA) is 43.1 Å². The van der Waals surface area contributed by atoms with Gasteiger partial charge in [-0.05, 0) is 23.1 Å². The molecule has 92 valence electrons. The average molecular weight is 257 g/mol. The summed E-state index contributed by atoms with van der Waals surface area (Å²) in [5.41, 5.74) is 9.05. The number of carbonyl (C=O) groups excluding carboxylic acids is 1. The predicted molar refractivity (Wildman–Crippen MR) is 77.6 cm³/mol. The van der Waals surface area contributed by atoms with Gasteiger partial charge in [0.2, 0.25) is 5.12 Å². The van der Waals surface area contributed by atoms with E-state index in [1.165, 1.54) is 5.56 Å². The molecule has 0 radical (unpaired) electrons. The molecule has 0 aromatic heterocycles. The van der Waals surface area contributed by atoms with Crippen molar-refractivity contribution in [1.29, 1.82) is 0 Å². The maximum Gasteiger partial charge on any atom is 0.202 e. The van der Waals surface area contributed by atoms with Gasteiger partial charge in [0.25, 0.3) is 0 Å². The summed E-state index contributed by atoms with van der Waals surface area (Å²) in [6.07, 6.45) is 0.525. The van der Waals surface area contributed by atoms with E-state index in [0.29, 0.717) is 6.42 Å². The number of nitrogens with two attached hydrogens (primary N) is 1. The number of carbonyl (C=O) groups is 1. The summed E-state index contributed by atoms with van der Waals surface area (Å²) in [7, 11) is 0. The molecule has 2 aromatic rings. The molecule has 18 heavy (non-hydrogen) atoms. The molecular weight excluding hydrogens is 242 g/mol. The second-order valence-electron chi connectivity index (χ2n) is 4.21. The number of thiol groups is 1. The van der Waals surface area contributed by atoms with Crippen molar-refractivity contribution in [3.05, 3.63) is 60.2 Å². The van der Waals surface area contributed by atoms with Crippen LogP contribution < -0.4 is 5.73 Å². The van der Waals surface area contributed by atoms with Crippen molar-refractivity contribution in [2.24, 2.45) is 5.73 Å². The molecule has 0 aliphatic rings. The Morgan fingerprint density at radius 3 is 2.11 bits per heavy atom. The van der Waals surface area contributed by atoms with Crippen LogP contribution in [0.2, 0.25) is 0 Å². The van der Waals surface area contributed by atoms with Crippen LogP contribution in [0.15, 0.2) is 54.6 Å². The fourth-order valence-electron chi connectivity index (χ4n) is 1.81. The van der Waals surface area contributed by atoms with Gasteiger partial charge in [0, 0.05) is 0 Å². The fourth-order valence-corrected chi connectivity index (χ4v) is 1.90. The Morgan fingerprint density at radius 1 is 1.00 bits per heavy atom. The van der Waals surface area contributed by atoms with E-state index in [1.807, 2.05) is 42.5 Å². The molecule has 2 nitrogen and oxygen atoms in total. The summed E-state index contributed by atoms with van der Waals surface area (Å²) in [6.45, 7) is 0. The van der Waals surface area contributed by atoms with Crippen LogP contribution in [0.3, 0.4) is 0 Å². The second-order valence-corrected chi connectivity index (χ2v) is 4.65. The highest BCUT2D eigenvalue weighted by Crippen LogP contribution is 2.19. The van der Waals surface area contributed by atoms with Crippen LogP contribution in [0.4, 0.5) is 0 Å². The minimum Gasteiger partial charge on any atom is -0.320 e. The van der Waals surface area contributed by atoms with Crippen molar-refractivity contribution < 1.29 is 4.79 Å². The lowest BCUT2D eigenvalue weighted by Gasteiger charge is -2.08. The third-order valence-corrected chi connectivity index (χ3v) is 3.17. The summed E-state index contributed by atoms with van der Waals surface area (Å²) in [6, 6.07) is 17.7. The smallest absolute Gasteiger partial charge is 0.202 e. The molecule has 2 rings (SSSR count). The van der Waals surface area contributed by atoms with E-state index in [1.54, 1.807) is 0 Å². The molecule has 0 unspecified atom stereocenters. The highest BCUT2D eigenvalue weighted by atomic mass is 32.1. The van der Waals surface area contributed by atoms with Crippen LogP contribution in [0.5, 0.6) is 0 Å². The molecule has 0 spiro atoms. The molecule has 2 N–H and O–H groups in total. The van der Waals surface area contributed by atoms with Crippen molar-refractivity contribution in [3.8, 4) is 11.1 Å². The van der Waals surface area contributed by atoms with E-state index < -0.39 is 6.04 Å². The number of hydrogen-bond acceptors (Lipinski definition) is 2. The molecule has 0 fully saturated rings. The quantitative estimate of drug-likeness (QED) is 0.827. The molecule has 2 aromatic carbocycles. The first-order valence-corrected chi connectivity index (χ1v) is 6.24. The first kappa shape index (κ1) is 12.9. The van der Waals surface area contributed by atoms with Gasteiger partial charge < -0.3 is 5.73 Å². The van der Waals surface area contributed by atoms with Crippen molar-refractivity contribution in [3.63, 3.8) is 0 Å². The summed E-state index contributed by atoms with van der Waals surface area (Å²) < 4.78 is 0. The van der Waals surface area contributed by atoms with Crippen LogP contribution in [0, 0.1) is 0 Å². The molecular formula is C15H15NOS. The number of rotatable bonds is 4. The largest absolute Gasteiger partial charge is 0.320 e. The zero-order valence-electron chi connectivity index (χ0n) is 9.91. The maximum absolute atomic E-state index is 11.0. The highest BCUT2D eigenvalue weighted by molar-refractivity contribution is 7.96. The van der Waals surface area contributed by atoms with Gasteiger partial charge in [-0.3, -0.25) is 4.79 Å². The molecule has 0 saturated heterocycles. The molecule has 0 amide bonds. The Morgan fingerprint density at radius 2 is 1.56 bits per heavy atom. The van der Waals surface area contributed by atoms with Gasteiger partial charge in [0.15, 0.2) is 0 Å². The Bertz CT molecular complexity index is 522. The van der Waals surface area contributed by atoms with Crippen LogP contribution in [-0.2, 0) is 11.2 Å². The molecule has 0 bridgehead atoms. The average Bonchev–Trinajstić information content (AvgIpc) is 2.40. The van der Waals surface area contributed by atoms with Crippen LogP contribution in [0.1, 0.15) is 5.56 Å². The second kappa shape index (κ2) is 5.85. The summed E-state index contributed by atoms with van der Waals surface area (Å²) in [5, 5.41) is -0.276. The van der Waals surface area contributed by atoms with E-state index in [4.69, 9.17) is 5.73 Å². The van der Waals surface area contributed by atoms with Gasteiger partial charge in [-0.2, -0.15) is 0 Å². The van der Waals surface area contributed by atoms with Crippen LogP contribution in [-0.4, -0.2) is 11.2 Å². The molecule has 1 atom stereocenters. The summed E-state index contributed by atoms with van der Waals surface area (Å²) in [4.78, 5) is 11.0. The molecule has 0 saturated carbocycles. The zero-order valence-corrected chi connectivity index (χ0v) is 10.8. The van der Waals surface area contributed by atoms with Gasteiger partial charge in [0.1, 0.15) is 0 Å². The van der Waals surface area contributed by atoms with Crippen LogP contribution >= 0.6 is 12.6 Å². The minimum absolute atomic E-state index is 0.276. The Balaban J connectivity index is 2.13. The Labute approximate surface area is 112 Å². The summed E-state index contributed by atoms with van der Waals surface area (Å²) in [5.74, 6) is 0. The lowest BCUT2D eigenvalue weighted by atomic mass is 10.0. The van der Waals surface area contributed by atoms with Crippen molar-refractivity contribution in [2.45, 2.75) is 12.5 Å². The highest BCUT2D eigenvalue weighted by Gasteiger charge is 2.09. The SMILES string of the molecule is N[C@@H](Cc1ccc(-c2ccccc2)cc1)C(=O)S. The number of benzene rings is 2. The Hall–Kier alpha value is -1.58. The molecule has 0 aliphatic carbocycles. The normalized spacial score (nSPS) is 12.1.